The van der Waals surface area contributed by atoms with Gasteiger partial charge in [-0.1, -0.05) is 11.8 Å². The van der Waals surface area contributed by atoms with Crippen molar-refractivity contribution in [2.45, 2.75) is 5.16 Å². The summed E-state index contributed by atoms with van der Waals surface area (Å²) in [6.07, 6.45) is 0. The summed E-state index contributed by atoms with van der Waals surface area (Å²) >= 11 is 1.03. The van der Waals surface area contributed by atoms with E-state index in [0.29, 0.717) is 16.4 Å². The molecule has 0 spiro atoms. The summed E-state index contributed by atoms with van der Waals surface area (Å²) < 4.78 is 1.43. The van der Waals surface area contributed by atoms with Crippen LogP contribution in [-0.2, 0) is 4.79 Å². The molecule has 2 aromatic rings. The van der Waals surface area contributed by atoms with E-state index in [1.54, 1.807) is 24.3 Å². The zero-order chi connectivity index (χ0) is 13.0. The first-order valence-corrected chi connectivity index (χ1v) is 5.83. The van der Waals surface area contributed by atoms with Crippen LogP contribution >= 0.6 is 11.8 Å². The largest absolute Gasteiger partial charge is 0.481 e. The van der Waals surface area contributed by atoms with Crippen molar-refractivity contribution >= 4 is 17.7 Å². The summed E-state index contributed by atoms with van der Waals surface area (Å²) in [5, 5.41) is 28.7. The summed E-state index contributed by atoms with van der Waals surface area (Å²) in [6.45, 7) is 0. The molecule has 0 aliphatic rings. The third-order valence-corrected chi connectivity index (χ3v) is 2.91. The van der Waals surface area contributed by atoms with Gasteiger partial charge in [-0.05, 0) is 34.7 Å². The highest BCUT2D eigenvalue weighted by molar-refractivity contribution is 7.99. The molecule has 0 saturated heterocycles. The van der Waals surface area contributed by atoms with Gasteiger partial charge in [0.25, 0.3) is 0 Å². The lowest BCUT2D eigenvalue weighted by Gasteiger charge is -2.02. The second-order valence-electron chi connectivity index (χ2n) is 3.21. The third kappa shape index (κ3) is 2.64. The van der Waals surface area contributed by atoms with Crippen LogP contribution in [0.3, 0.4) is 0 Å². The lowest BCUT2D eigenvalue weighted by molar-refractivity contribution is -0.133. The molecular weight excluding hydrogens is 254 g/mol. The van der Waals surface area contributed by atoms with Gasteiger partial charge in [-0.2, -0.15) is 9.94 Å². The van der Waals surface area contributed by atoms with Crippen LogP contribution in [0.15, 0.2) is 29.4 Å². The van der Waals surface area contributed by atoms with E-state index in [4.69, 9.17) is 10.4 Å². The number of hydrogen-bond acceptors (Lipinski definition) is 6. The van der Waals surface area contributed by atoms with Gasteiger partial charge in [0.1, 0.15) is 0 Å². The van der Waals surface area contributed by atoms with Crippen molar-refractivity contribution in [3.05, 3.63) is 29.8 Å². The average Bonchev–Trinajstić information content (AvgIpc) is 2.85. The Morgan fingerprint density at radius 1 is 1.44 bits per heavy atom. The number of benzene rings is 1. The molecule has 2 rings (SSSR count). The molecule has 1 aromatic carbocycles. The third-order valence-electron chi connectivity index (χ3n) is 2.01. The maximum atomic E-state index is 10.5. The fraction of sp³-hybridized carbons (Fsp3) is 0.100. The van der Waals surface area contributed by atoms with Gasteiger partial charge in [-0.15, -0.1) is 5.10 Å². The second-order valence-corrected chi connectivity index (χ2v) is 4.16. The minimum atomic E-state index is -0.936. The Bertz CT molecular complexity index is 601. The van der Waals surface area contributed by atoms with E-state index >= 15 is 0 Å². The molecule has 0 aliphatic heterocycles. The van der Waals surface area contributed by atoms with Gasteiger partial charge in [-0.3, -0.25) is 4.79 Å². The normalized spacial score (nSPS) is 9.94. The number of rotatable bonds is 4. The van der Waals surface area contributed by atoms with Crippen LogP contribution < -0.4 is 0 Å². The number of carboxylic acids is 1. The van der Waals surface area contributed by atoms with Gasteiger partial charge in [0.2, 0.25) is 5.16 Å². The Balaban J connectivity index is 2.25. The number of aliphatic carboxylic acids is 1. The van der Waals surface area contributed by atoms with Crippen molar-refractivity contribution in [2.24, 2.45) is 0 Å². The summed E-state index contributed by atoms with van der Waals surface area (Å²) in [4.78, 5) is 10.5. The van der Waals surface area contributed by atoms with Crippen molar-refractivity contribution < 1.29 is 9.90 Å². The molecule has 0 saturated carbocycles. The first-order valence-electron chi connectivity index (χ1n) is 4.84. The van der Waals surface area contributed by atoms with Crippen LogP contribution in [-0.4, -0.2) is 37.0 Å². The van der Waals surface area contributed by atoms with Gasteiger partial charge in [0.05, 0.1) is 23.1 Å². The highest BCUT2D eigenvalue weighted by Gasteiger charge is 2.10. The highest BCUT2D eigenvalue weighted by atomic mass is 32.2. The zero-order valence-electron chi connectivity index (χ0n) is 9.02. The number of thioether (sulfide) groups is 1. The molecule has 0 radical (unpaired) electrons. The number of carbonyl (C=O) groups is 1. The SMILES string of the molecule is N#Cc1ccc(-n2nnnc2SCC(=O)O)cc1. The predicted octanol–water partition coefficient (Wildman–Crippen LogP) is 0.711. The topological polar surface area (TPSA) is 105 Å². The number of hydrogen-bond donors (Lipinski definition) is 1. The van der Waals surface area contributed by atoms with E-state index in [1.165, 1.54) is 4.68 Å². The Morgan fingerprint density at radius 3 is 2.78 bits per heavy atom. The lowest BCUT2D eigenvalue weighted by atomic mass is 10.2. The molecule has 0 atom stereocenters. The minimum absolute atomic E-state index is 0.114. The van der Waals surface area contributed by atoms with E-state index in [9.17, 15) is 4.79 Å². The van der Waals surface area contributed by atoms with Gasteiger partial charge in [-0.25, -0.2) is 0 Å². The molecular formula is C10H7N5O2S. The Morgan fingerprint density at radius 2 is 2.17 bits per heavy atom. The van der Waals surface area contributed by atoms with Crippen LogP contribution in [0.4, 0.5) is 0 Å². The molecule has 0 fully saturated rings. The quantitative estimate of drug-likeness (QED) is 0.808. The standard InChI is InChI=1S/C10H7N5O2S/c11-5-7-1-3-8(4-2-7)15-10(12-13-14-15)18-6-9(16)17/h1-4H,6H2,(H,16,17). The van der Waals surface area contributed by atoms with Crippen molar-refractivity contribution in [3.8, 4) is 11.8 Å². The minimum Gasteiger partial charge on any atom is -0.481 e. The molecule has 0 unspecified atom stereocenters. The molecule has 0 aliphatic carbocycles. The van der Waals surface area contributed by atoms with Crippen LogP contribution in [0.1, 0.15) is 5.56 Å². The predicted molar refractivity (Wildman–Crippen MR) is 62.2 cm³/mol. The molecule has 7 nitrogen and oxygen atoms in total. The highest BCUT2D eigenvalue weighted by Crippen LogP contribution is 2.18. The van der Waals surface area contributed by atoms with Crippen molar-refractivity contribution in [3.63, 3.8) is 0 Å². The average molecular weight is 261 g/mol. The van der Waals surface area contributed by atoms with Crippen molar-refractivity contribution in [1.82, 2.24) is 20.2 Å². The van der Waals surface area contributed by atoms with Gasteiger partial charge in [0.15, 0.2) is 0 Å². The zero-order valence-corrected chi connectivity index (χ0v) is 9.83. The first kappa shape index (κ1) is 12.1. The maximum Gasteiger partial charge on any atom is 0.313 e. The number of nitrogens with zero attached hydrogens (tertiary/aromatic N) is 5. The van der Waals surface area contributed by atoms with Gasteiger partial charge in [0, 0.05) is 0 Å². The van der Waals surface area contributed by atoms with Gasteiger partial charge < -0.3 is 5.11 Å². The van der Waals surface area contributed by atoms with E-state index in [-0.39, 0.29) is 5.75 Å². The Hall–Kier alpha value is -2.40. The van der Waals surface area contributed by atoms with E-state index in [1.807, 2.05) is 6.07 Å². The van der Waals surface area contributed by atoms with Crippen molar-refractivity contribution in [1.29, 1.82) is 5.26 Å². The molecule has 18 heavy (non-hydrogen) atoms. The summed E-state index contributed by atoms with van der Waals surface area (Å²) in [7, 11) is 0. The van der Waals surface area contributed by atoms with Gasteiger partial charge >= 0.3 is 5.97 Å². The summed E-state index contributed by atoms with van der Waals surface area (Å²) in [5.74, 6) is -1.05. The molecule has 0 bridgehead atoms. The smallest absolute Gasteiger partial charge is 0.313 e. The van der Waals surface area contributed by atoms with E-state index < -0.39 is 5.97 Å². The molecule has 8 heteroatoms. The Labute approximate surface area is 106 Å². The number of nitriles is 1. The molecule has 1 aromatic heterocycles. The first-order chi connectivity index (χ1) is 8.70. The molecule has 90 valence electrons. The number of carboxylic acid groups (broad SMARTS) is 1. The van der Waals surface area contributed by atoms with Crippen molar-refractivity contribution in [2.75, 3.05) is 5.75 Å². The molecule has 1 heterocycles. The van der Waals surface area contributed by atoms with Crippen LogP contribution in [0.2, 0.25) is 0 Å². The number of tetrazole rings is 1. The van der Waals surface area contributed by atoms with E-state index in [0.717, 1.165) is 11.8 Å². The number of aromatic nitrogens is 4. The maximum absolute atomic E-state index is 10.5. The molecule has 0 amide bonds. The monoisotopic (exact) mass is 261 g/mol. The lowest BCUT2D eigenvalue weighted by Crippen LogP contribution is -2.02. The summed E-state index contributed by atoms with van der Waals surface area (Å²) in [6, 6.07) is 8.68. The Kier molecular flexibility index (Phi) is 3.54. The van der Waals surface area contributed by atoms with E-state index in [2.05, 4.69) is 15.5 Å². The fourth-order valence-corrected chi connectivity index (χ4v) is 1.85. The van der Waals surface area contributed by atoms with Crippen LogP contribution in [0.5, 0.6) is 0 Å². The summed E-state index contributed by atoms with van der Waals surface area (Å²) in [5.41, 5.74) is 1.21. The van der Waals surface area contributed by atoms with Crippen LogP contribution in [0.25, 0.3) is 5.69 Å². The fourth-order valence-electron chi connectivity index (χ4n) is 1.23. The second kappa shape index (κ2) is 5.29. The molecule has 1 N–H and O–H groups in total. The van der Waals surface area contributed by atoms with Crippen LogP contribution in [0, 0.1) is 11.3 Å².